The first kappa shape index (κ1) is 9.68. The number of nitrogens with two attached hydrogens (primary N) is 1. The van der Waals surface area contributed by atoms with Gasteiger partial charge in [0, 0.05) is 32.4 Å². The molecule has 1 aliphatic heterocycles. The highest BCUT2D eigenvalue weighted by atomic mass is 15.3. The van der Waals surface area contributed by atoms with Crippen molar-refractivity contribution in [3.63, 3.8) is 0 Å². The Morgan fingerprint density at radius 2 is 2.50 bits per heavy atom. The van der Waals surface area contributed by atoms with Crippen LogP contribution in [0.5, 0.6) is 0 Å². The molecule has 78 valence electrons. The molecule has 1 aromatic heterocycles. The lowest BCUT2D eigenvalue weighted by molar-refractivity contribution is 0.199. The van der Waals surface area contributed by atoms with Crippen LogP contribution >= 0.6 is 0 Å². The first-order valence-corrected chi connectivity index (χ1v) is 5.20. The smallest absolute Gasteiger partial charge is 0.0764 e. The van der Waals surface area contributed by atoms with Crippen molar-refractivity contribution in [3.05, 3.63) is 18.0 Å². The molecule has 0 spiro atoms. The standard InChI is InChI=1S/C10H18N4/c1-13-6-4-10(12-13)8-14-5-2-3-9(11)7-14/h4,6,9H,2-3,5,7-8,11H2,1H3/t9-/m1/s1. The van der Waals surface area contributed by atoms with Crippen LogP contribution in [-0.2, 0) is 13.6 Å². The summed E-state index contributed by atoms with van der Waals surface area (Å²) in [7, 11) is 1.95. The maximum atomic E-state index is 5.92. The van der Waals surface area contributed by atoms with Crippen LogP contribution in [0.3, 0.4) is 0 Å². The van der Waals surface area contributed by atoms with Gasteiger partial charge in [0.05, 0.1) is 5.69 Å². The van der Waals surface area contributed by atoms with E-state index in [4.69, 9.17) is 5.73 Å². The van der Waals surface area contributed by atoms with E-state index >= 15 is 0 Å². The average Bonchev–Trinajstić information content (AvgIpc) is 2.51. The molecule has 2 N–H and O–H groups in total. The topological polar surface area (TPSA) is 47.1 Å². The molecule has 4 nitrogen and oxygen atoms in total. The number of likely N-dealkylation sites (tertiary alicyclic amines) is 1. The minimum Gasteiger partial charge on any atom is -0.327 e. The maximum Gasteiger partial charge on any atom is 0.0764 e. The van der Waals surface area contributed by atoms with Crippen molar-refractivity contribution in [1.29, 1.82) is 0 Å². The molecular formula is C10H18N4. The first-order chi connectivity index (χ1) is 6.74. The number of nitrogens with zero attached hydrogens (tertiary/aromatic N) is 3. The molecule has 2 heterocycles. The van der Waals surface area contributed by atoms with Gasteiger partial charge in [-0.15, -0.1) is 0 Å². The molecular weight excluding hydrogens is 176 g/mol. The van der Waals surface area contributed by atoms with Gasteiger partial charge in [-0.3, -0.25) is 9.58 Å². The maximum absolute atomic E-state index is 5.92. The molecule has 0 saturated carbocycles. The summed E-state index contributed by atoms with van der Waals surface area (Å²) in [6.45, 7) is 3.11. The van der Waals surface area contributed by atoms with Crippen LogP contribution in [0.15, 0.2) is 12.3 Å². The molecule has 1 atom stereocenters. The molecule has 0 bridgehead atoms. The Morgan fingerprint density at radius 1 is 1.64 bits per heavy atom. The predicted molar refractivity (Wildman–Crippen MR) is 55.7 cm³/mol. The number of piperidine rings is 1. The van der Waals surface area contributed by atoms with Gasteiger partial charge in [0.2, 0.25) is 0 Å². The zero-order chi connectivity index (χ0) is 9.97. The van der Waals surface area contributed by atoms with Crippen LogP contribution in [0.2, 0.25) is 0 Å². The Hall–Kier alpha value is -0.870. The minimum atomic E-state index is 0.354. The number of aromatic nitrogens is 2. The Bertz CT molecular complexity index is 294. The van der Waals surface area contributed by atoms with E-state index in [0.29, 0.717) is 6.04 Å². The highest BCUT2D eigenvalue weighted by Gasteiger charge is 2.16. The van der Waals surface area contributed by atoms with Gasteiger partial charge < -0.3 is 5.73 Å². The fourth-order valence-electron chi connectivity index (χ4n) is 2.01. The molecule has 1 aromatic rings. The molecule has 0 amide bonds. The Balaban J connectivity index is 1.90. The first-order valence-electron chi connectivity index (χ1n) is 5.20. The lowest BCUT2D eigenvalue weighted by Gasteiger charge is -2.29. The molecule has 0 aliphatic carbocycles. The summed E-state index contributed by atoms with van der Waals surface area (Å²) in [5.41, 5.74) is 7.06. The third-order valence-corrected chi connectivity index (χ3v) is 2.70. The van der Waals surface area contributed by atoms with Crippen LogP contribution in [0.4, 0.5) is 0 Å². The second kappa shape index (κ2) is 4.11. The van der Waals surface area contributed by atoms with E-state index in [1.165, 1.54) is 12.8 Å². The molecule has 4 heteroatoms. The Morgan fingerprint density at radius 3 is 3.14 bits per heavy atom. The molecule has 0 unspecified atom stereocenters. The normalized spacial score (nSPS) is 24.0. The van der Waals surface area contributed by atoms with Gasteiger partial charge in [-0.25, -0.2) is 0 Å². The lowest BCUT2D eigenvalue weighted by Crippen LogP contribution is -2.42. The van der Waals surface area contributed by atoms with Crippen LogP contribution < -0.4 is 5.73 Å². The van der Waals surface area contributed by atoms with E-state index in [1.54, 1.807) is 0 Å². The third kappa shape index (κ3) is 2.33. The third-order valence-electron chi connectivity index (χ3n) is 2.70. The van der Waals surface area contributed by atoms with Gasteiger partial charge in [0.15, 0.2) is 0 Å². The van der Waals surface area contributed by atoms with E-state index < -0.39 is 0 Å². The van der Waals surface area contributed by atoms with Crippen LogP contribution in [0.25, 0.3) is 0 Å². The fraction of sp³-hybridized carbons (Fsp3) is 0.700. The fourth-order valence-corrected chi connectivity index (χ4v) is 2.01. The number of aryl methyl sites for hydroxylation is 1. The quantitative estimate of drug-likeness (QED) is 0.738. The van der Waals surface area contributed by atoms with Gasteiger partial charge in [0.25, 0.3) is 0 Å². The molecule has 1 aliphatic rings. The van der Waals surface area contributed by atoms with Gasteiger partial charge in [0.1, 0.15) is 0 Å². The monoisotopic (exact) mass is 194 g/mol. The second-order valence-corrected chi connectivity index (χ2v) is 4.12. The van der Waals surface area contributed by atoms with Crippen LogP contribution in [0.1, 0.15) is 18.5 Å². The van der Waals surface area contributed by atoms with Gasteiger partial charge in [-0.2, -0.15) is 5.10 Å². The summed E-state index contributed by atoms with van der Waals surface area (Å²) in [4.78, 5) is 2.39. The summed E-state index contributed by atoms with van der Waals surface area (Å²) in [6, 6.07) is 2.42. The van der Waals surface area contributed by atoms with Crippen molar-refractivity contribution < 1.29 is 0 Å². The van der Waals surface area contributed by atoms with Gasteiger partial charge in [-0.1, -0.05) is 0 Å². The molecule has 1 saturated heterocycles. The highest BCUT2D eigenvalue weighted by molar-refractivity contribution is 4.98. The zero-order valence-corrected chi connectivity index (χ0v) is 8.69. The van der Waals surface area contributed by atoms with Crippen molar-refractivity contribution in [2.24, 2.45) is 12.8 Å². The lowest BCUT2D eigenvalue weighted by atomic mass is 10.1. The molecule has 14 heavy (non-hydrogen) atoms. The summed E-state index contributed by atoms with van der Waals surface area (Å²) in [6.07, 6.45) is 4.37. The summed E-state index contributed by atoms with van der Waals surface area (Å²) in [5, 5.41) is 4.36. The molecule has 2 rings (SSSR count). The highest BCUT2D eigenvalue weighted by Crippen LogP contribution is 2.11. The van der Waals surface area contributed by atoms with Gasteiger partial charge in [-0.05, 0) is 25.5 Å². The van der Waals surface area contributed by atoms with Crippen molar-refractivity contribution in [3.8, 4) is 0 Å². The summed E-state index contributed by atoms with van der Waals surface area (Å²) in [5.74, 6) is 0. The second-order valence-electron chi connectivity index (χ2n) is 4.12. The van der Waals surface area contributed by atoms with Crippen molar-refractivity contribution in [2.75, 3.05) is 13.1 Å². The van der Waals surface area contributed by atoms with Crippen molar-refractivity contribution in [2.45, 2.75) is 25.4 Å². The number of rotatable bonds is 2. The van der Waals surface area contributed by atoms with E-state index in [2.05, 4.69) is 16.1 Å². The van der Waals surface area contributed by atoms with E-state index in [-0.39, 0.29) is 0 Å². The predicted octanol–water partition coefficient (Wildman–Crippen LogP) is 0.343. The zero-order valence-electron chi connectivity index (χ0n) is 8.69. The minimum absolute atomic E-state index is 0.354. The SMILES string of the molecule is Cn1ccc(CN2CCC[C@@H](N)C2)n1. The van der Waals surface area contributed by atoms with Crippen LogP contribution in [0, 0.1) is 0 Å². The van der Waals surface area contributed by atoms with Crippen LogP contribution in [-0.4, -0.2) is 33.8 Å². The average molecular weight is 194 g/mol. The largest absolute Gasteiger partial charge is 0.327 e. The number of hydrogen-bond acceptors (Lipinski definition) is 3. The van der Waals surface area contributed by atoms with E-state index in [9.17, 15) is 0 Å². The van der Waals surface area contributed by atoms with Crippen molar-refractivity contribution >= 4 is 0 Å². The number of hydrogen-bond donors (Lipinski definition) is 1. The van der Waals surface area contributed by atoms with Crippen molar-refractivity contribution in [1.82, 2.24) is 14.7 Å². The summed E-state index contributed by atoms with van der Waals surface area (Å²) >= 11 is 0. The van der Waals surface area contributed by atoms with E-state index in [0.717, 1.165) is 25.3 Å². The Labute approximate surface area is 84.7 Å². The Kier molecular flexibility index (Phi) is 2.84. The van der Waals surface area contributed by atoms with Gasteiger partial charge >= 0.3 is 0 Å². The molecule has 1 fully saturated rings. The molecule has 0 radical (unpaired) electrons. The molecule has 0 aromatic carbocycles. The van der Waals surface area contributed by atoms with E-state index in [1.807, 2.05) is 17.9 Å². The summed E-state index contributed by atoms with van der Waals surface area (Å²) < 4.78 is 1.85.